The van der Waals surface area contributed by atoms with Crippen molar-refractivity contribution in [1.29, 1.82) is 5.26 Å². The number of carbonyl (C=O) groups excluding carboxylic acids is 1. The molecule has 1 aromatic rings. The molecule has 0 aliphatic heterocycles. The fourth-order valence-corrected chi connectivity index (χ4v) is 1.64. The second-order valence-electron chi connectivity index (χ2n) is 3.59. The Morgan fingerprint density at radius 2 is 2.11 bits per heavy atom. The molecule has 0 aliphatic rings. The second kappa shape index (κ2) is 7.03. The average molecular weight is 299 g/mol. The van der Waals surface area contributed by atoms with Gasteiger partial charge in [0, 0.05) is 11.4 Å². The molecule has 0 saturated carbocycles. The van der Waals surface area contributed by atoms with Crippen molar-refractivity contribution in [3.63, 3.8) is 0 Å². The van der Waals surface area contributed by atoms with Gasteiger partial charge < -0.3 is 10.1 Å². The first-order valence-electron chi connectivity index (χ1n) is 5.49. The monoisotopic (exact) mass is 298 g/mol. The van der Waals surface area contributed by atoms with Crippen LogP contribution in [0.1, 0.15) is 13.8 Å². The van der Waals surface area contributed by atoms with Gasteiger partial charge in [-0.25, -0.2) is 4.79 Å². The van der Waals surface area contributed by atoms with Crippen LogP contribution in [0.4, 0.5) is 5.69 Å². The summed E-state index contributed by atoms with van der Waals surface area (Å²) in [6.45, 7) is 3.50. The smallest absolute Gasteiger partial charge is 0.350 e. The Kier molecular flexibility index (Phi) is 5.68. The van der Waals surface area contributed by atoms with Crippen molar-refractivity contribution in [3.05, 3.63) is 39.5 Å². The lowest BCUT2D eigenvalue weighted by molar-refractivity contribution is -0.138. The first-order chi connectivity index (χ1) is 8.99. The van der Waals surface area contributed by atoms with Crippen LogP contribution in [0.5, 0.6) is 0 Å². The van der Waals surface area contributed by atoms with Crippen molar-refractivity contribution in [2.75, 3.05) is 11.9 Å². The lowest BCUT2D eigenvalue weighted by Crippen LogP contribution is -2.11. The molecular weight excluding hydrogens is 287 g/mol. The van der Waals surface area contributed by atoms with Crippen LogP contribution in [0.2, 0.25) is 10.0 Å². The van der Waals surface area contributed by atoms with Gasteiger partial charge in [0.1, 0.15) is 6.07 Å². The zero-order valence-electron chi connectivity index (χ0n) is 10.5. The highest BCUT2D eigenvalue weighted by molar-refractivity contribution is 6.42. The molecule has 0 spiro atoms. The van der Waals surface area contributed by atoms with Crippen LogP contribution in [0, 0.1) is 11.3 Å². The van der Waals surface area contributed by atoms with E-state index in [1.807, 2.05) is 6.07 Å². The molecule has 6 heteroatoms. The quantitative estimate of drug-likeness (QED) is 0.522. The number of hydrogen-bond donors (Lipinski definition) is 1. The Morgan fingerprint density at radius 1 is 1.42 bits per heavy atom. The summed E-state index contributed by atoms with van der Waals surface area (Å²) >= 11 is 11.7. The van der Waals surface area contributed by atoms with Gasteiger partial charge in [0.25, 0.3) is 0 Å². The zero-order chi connectivity index (χ0) is 14.4. The van der Waals surface area contributed by atoms with E-state index in [1.165, 1.54) is 0 Å². The normalized spacial score (nSPS) is 11.3. The summed E-state index contributed by atoms with van der Waals surface area (Å²) in [7, 11) is 0. The molecule has 1 N–H and O–H groups in total. The molecule has 0 saturated heterocycles. The van der Waals surface area contributed by atoms with Gasteiger partial charge in [-0.2, -0.15) is 5.26 Å². The summed E-state index contributed by atoms with van der Waals surface area (Å²) in [4.78, 5) is 11.5. The molecule has 0 amide bonds. The van der Waals surface area contributed by atoms with Gasteiger partial charge in [0.2, 0.25) is 0 Å². The molecule has 0 heterocycles. The molecule has 0 atom stereocenters. The molecule has 100 valence electrons. The van der Waals surface area contributed by atoms with E-state index < -0.39 is 5.97 Å². The Bertz CT molecular complexity index is 562. The third-order valence-corrected chi connectivity index (χ3v) is 2.96. The van der Waals surface area contributed by atoms with Gasteiger partial charge in [0.15, 0.2) is 5.57 Å². The molecule has 0 radical (unpaired) electrons. The summed E-state index contributed by atoms with van der Waals surface area (Å²) in [5.74, 6) is -0.657. The summed E-state index contributed by atoms with van der Waals surface area (Å²) in [5.41, 5.74) is 0.941. The van der Waals surface area contributed by atoms with Crippen molar-refractivity contribution in [3.8, 4) is 6.07 Å². The maximum absolute atomic E-state index is 11.5. The molecule has 0 bridgehead atoms. The number of nitrogens with one attached hydrogen (secondary N) is 1. The average Bonchev–Trinajstić information content (AvgIpc) is 2.35. The minimum Gasteiger partial charge on any atom is -0.462 e. The van der Waals surface area contributed by atoms with E-state index in [0.29, 0.717) is 21.4 Å². The van der Waals surface area contributed by atoms with Gasteiger partial charge in [-0.3, -0.25) is 0 Å². The number of nitrogens with zero attached hydrogens (tertiary/aromatic N) is 1. The van der Waals surface area contributed by atoms with E-state index in [9.17, 15) is 4.79 Å². The molecule has 19 heavy (non-hydrogen) atoms. The number of esters is 1. The lowest BCUT2D eigenvalue weighted by atomic mass is 10.2. The minimum atomic E-state index is -0.657. The molecular formula is C13H12Cl2N2O2. The molecule has 0 fully saturated rings. The fraction of sp³-hybridized carbons (Fsp3) is 0.231. The molecule has 1 rings (SSSR count). The van der Waals surface area contributed by atoms with Gasteiger partial charge in [-0.15, -0.1) is 0 Å². The third kappa shape index (κ3) is 4.16. The van der Waals surface area contributed by atoms with E-state index in [-0.39, 0.29) is 12.2 Å². The van der Waals surface area contributed by atoms with Gasteiger partial charge in [-0.05, 0) is 32.0 Å². The van der Waals surface area contributed by atoms with Crippen LogP contribution in [0.25, 0.3) is 0 Å². The standard InChI is InChI=1S/C13H12Cl2N2O2/c1-3-19-13(18)10(7-16)8(2)17-9-4-5-11(14)12(15)6-9/h4-6,17H,3H2,1-2H3. The summed E-state index contributed by atoms with van der Waals surface area (Å²) in [5, 5.41) is 12.7. The maximum Gasteiger partial charge on any atom is 0.350 e. The van der Waals surface area contributed by atoms with E-state index in [4.69, 9.17) is 33.2 Å². The topological polar surface area (TPSA) is 62.1 Å². The van der Waals surface area contributed by atoms with Crippen LogP contribution in [-0.2, 0) is 9.53 Å². The highest BCUT2D eigenvalue weighted by Crippen LogP contribution is 2.26. The highest BCUT2D eigenvalue weighted by atomic mass is 35.5. The maximum atomic E-state index is 11.5. The summed E-state index contributed by atoms with van der Waals surface area (Å²) < 4.78 is 4.79. The Hall–Kier alpha value is -1.70. The Morgan fingerprint density at radius 3 is 2.63 bits per heavy atom. The predicted octanol–water partition coefficient (Wildman–Crippen LogP) is 3.77. The van der Waals surface area contributed by atoms with Crippen molar-refractivity contribution in [2.24, 2.45) is 0 Å². The number of hydrogen-bond acceptors (Lipinski definition) is 4. The van der Waals surface area contributed by atoms with Gasteiger partial charge in [0.05, 0.1) is 16.7 Å². The van der Waals surface area contributed by atoms with Crippen molar-refractivity contribution < 1.29 is 9.53 Å². The SMILES string of the molecule is CCOC(=O)C(C#N)=C(C)Nc1ccc(Cl)c(Cl)c1. The van der Waals surface area contributed by atoms with Crippen LogP contribution in [0.3, 0.4) is 0 Å². The Balaban J connectivity index is 2.98. The van der Waals surface area contributed by atoms with E-state index in [1.54, 1.807) is 32.0 Å². The Labute approximate surface area is 121 Å². The van der Waals surface area contributed by atoms with Crippen LogP contribution < -0.4 is 5.32 Å². The first kappa shape index (κ1) is 15.4. The number of anilines is 1. The zero-order valence-corrected chi connectivity index (χ0v) is 12.0. The van der Waals surface area contributed by atoms with Gasteiger partial charge >= 0.3 is 5.97 Å². The molecule has 1 aromatic carbocycles. The van der Waals surface area contributed by atoms with Crippen molar-refractivity contribution >= 4 is 34.9 Å². The number of ether oxygens (including phenoxy) is 1. The molecule has 0 unspecified atom stereocenters. The minimum absolute atomic E-state index is 0.0760. The predicted molar refractivity (Wildman–Crippen MR) is 75.0 cm³/mol. The van der Waals surface area contributed by atoms with Crippen molar-refractivity contribution in [1.82, 2.24) is 0 Å². The number of rotatable bonds is 4. The number of allylic oxidation sites excluding steroid dienone is 1. The van der Waals surface area contributed by atoms with Gasteiger partial charge in [-0.1, -0.05) is 23.2 Å². The molecule has 4 nitrogen and oxygen atoms in total. The molecule has 0 aromatic heterocycles. The van der Waals surface area contributed by atoms with E-state index >= 15 is 0 Å². The number of carbonyl (C=O) groups is 1. The van der Waals surface area contributed by atoms with Crippen LogP contribution in [-0.4, -0.2) is 12.6 Å². The first-order valence-corrected chi connectivity index (χ1v) is 6.25. The van der Waals surface area contributed by atoms with Crippen LogP contribution >= 0.6 is 23.2 Å². The van der Waals surface area contributed by atoms with Crippen molar-refractivity contribution in [2.45, 2.75) is 13.8 Å². The molecule has 0 aliphatic carbocycles. The fourth-order valence-electron chi connectivity index (χ4n) is 1.34. The largest absolute Gasteiger partial charge is 0.462 e. The van der Waals surface area contributed by atoms with E-state index in [2.05, 4.69) is 5.32 Å². The van der Waals surface area contributed by atoms with E-state index in [0.717, 1.165) is 0 Å². The number of nitriles is 1. The lowest BCUT2D eigenvalue weighted by Gasteiger charge is -2.09. The second-order valence-corrected chi connectivity index (χ2v) is 4.40. The number of halogens is 2. The summed E-state index contributed by atoms with van der Waals surface area (Å²) in [6, 6.07) is 6.73. The summed E-state index contributed by atoms with van der Waals surface area (Å²) in [6.07, 6.45) is 0. The third-order valence-electron chi connectivity index (χ3n) is 2.22. The highest BCUT2D eigenvalue weighted by Gasteiger charge is 2.14. The number of benzene rings is 1. The van der Waals surface area contributed by atoms with Crippen LogP contribution in [0.15, 0.2) is 29.5 Å².